The summed E-state index contributed by atoms with van der Waals surface area (Å²) >= 11 is 0. The molecule has 0 saturated carbocycles. The van der Waals surface area contributed by atoms with Gasteiger partial charge in [-0.2, -0.15) is 0 Å². The molecule has 0 spiro atoms. The third-order valence-electron chi connectivity index (χ3n) is 10.7. The molecule has 0 aliphatic rings. The maximum Gasteiger partial charge on any atom is 0.140 e. The molecule has 7 aromatic carbocycles. The molecule has 4 nitrogen and oxygen atoms in total. The van der Waals surface area contributed by atoms with Gasteiger partial charge in [0.1, 0.15) is 11.6 Å². The summed E-state index contributed by atoms with van der Waals surface area (Å²) in [5.41, 5.74) is 11.5. The van der Waals surface area contributed by atoms with Crippen molar-refractivity contribution in [2.75, 3.05) is 0 Å². The van der Waals surface area contributed by atoms with Crippen LogP contribution in [0, 0.1) is 6.92 Å². The van der Waals surface area contributed by atoms with Crippen molar-refractivity contribution in [1.29, 1.82) is 0 Å². The van der Waals surface area contributed by atoms with Gasteiger partial charge in [-0.3, -0.25) is 9.13 Å². The average Bonchev–Trinajstić information content (AvgIpc) is 3.83. The molecular weight excluding hydrogens is 633 g/mol. The molecule has 0 bridgehead atoms. The number of aromatic nitrogens is 4. The van der Waals surface area contributed by atoms with E-state index in [0.717, 1.165) is 50.5 Å². The van der Waals surface area contributed by atoms with E-state index >= 15 is 0 Å². The zero-order valence-electron chi connectivity index (χ0n) is 28.5. The van der Waals surface area contributed by atoms with Gasteiger partial charge in [-0.25, -0.2) is 4.98 Å². The normalized spacial score (nSPS) is 11.9. The van der Waals surface area contributed by atoms with Gasteiger partial charge in [0.25, 0.3) is 0 Å². The van der Waals surface area contributed by atoms with Crippen LogP contribution < -0.4 is 0 Å². The number of nitrogens with zero attached hydrogens (tertiary/aromatic N) is 4. The summed E-state index contributed by atoms with van der Waals surface area (Å²) in [6.45, 7) is 2.16. The van der Waals surface area contributed by atoms with E-state index in [1.54, 1.807) is 0 Å². The second-order valence-corrected chi connectivity index (χ2v) is 13.7. The molecule has 0 unspecified atom stereocenters. The molecule has 0 atom stereocenters. The Morgan fingerprint density at radius 2 is 0.731 bits per heavy atom. The summed E-state index contributed by atoms with van der Waals surface area (Å²) in [6.07, 6.45) is 0. The molecule has 11 aromatic rings. The maximum absolute atomic E-state index is 5.58. The molecule has 4 aromatic heterocycles. The fourth-order valence-electron chi connectivity index (χ4n) is 8.48. The van der Waals surface area contributed by atoms with Crippen molar-refractivity contribution in [1.82, 2.24) is 18.7 Å². The van der Waals surface area contributed by atoms with Crippen molar-refractivity contribution in [2.24, 2.45) is 0 Å². The molecule has 52 heavy (non-hydrogen) atoms. The van der Waals surface area contributed by atoms with E-state index in [-0.39, 0.29) is 0 Å². The Bertz CT molecular complexity index is 3100. The van der Waals surface area contributed by atoms with Crippen molar-refractivity contribution in [2.45, 2.75) is 6.92 Å². The Morgan fingerprint density at radius 1 is 0.346 bits per heavy atom. The van der Waals surface area contributed by atoms with Crippen molar-refractivity contribution >= 4 is 65.4 Å². The number of rotatable bonds is 4. The lowest BCUT2D eigenvalue weighted by Gasteiger charge is -2.17. The van der Waals surface area contributed by atoms with Crippen molar-refractivity contribution in [3.63, 3.8) is 0 Å². The first kappa shape index (κ1) is 28.9. The molecule has 0 fully saturated rings. The van der Waals surface area contributed by atoms with Crippen LogP contribution in [0.2, 0.25) is 0 Å². The van der Waals surface area contributed by atoms with E-state index in [2.05, 4.69) is 197 Å². The van der Waals surface area contributed by atoms with E-state index in [1.165, 1.54) is 48.9 Å². The number of para-hydroxylation sites is 6. The van der Waals surface area contributed by atoms with Crippen LogP contribution in [0.4, 0.5) is 0 Å². The fraction of sp³-hybridized carbons (Fsp3) is 0.0208. The molecule has 0 aliphatic heterocycles. The van der Waals surface area contributed by atoms with Gasteiger partial charge >= 0.3 is 0 Å². The maximum atomic E-state index is 5.58. The third kappa shape index (κ3) is 4.12. The number of pyridine rings is 1. The largest absolute Gasteiger partial charge is 0.309 e. The third-order valence-corrected chi connectivity index (χ3v) is 10.7. The molecule has 4 heteroatoms. The first-order chi connectivity index (χ1) is 25.7. The summed E-state index contributed by atoms with van der Waals surface area (Å²) in [5, 5.41) is 7.36. The molecular formula is C48H32N4. The summed E-state index contributed by atoms with van der Waals surface area (Å²) in [4.78, 5) is 5.58. The Labute approximate surface area is 300 Å². The minimum Gasteiger partial charge on any atom is -0.309 e. The topological polar surface area (TPSA) is 27.7 Å². The van der Waals surface area contributed by atoms with Crippen LogP contribution in [0.25, 0.3) is 93.9 Å². The predicted molar refractivity (Wildman–Crippen MR) is 217 cm³/mol. The van der Waals surface area contributed by atoms with E-state index in [9.17, 15) is 0 Å². The van der Waals surface area contributed by atoms with Crippen LogP contribution in [0.5, 0.6) is 0 Å². The van der Waals surface area contributed by atoms with E-state index in [4.69, 9.17) is 4.98 Å². The van der Waals surface area contributed by atoms with Gasteiger partial charge in [-0.05, 0) is 73.2 Å². The lowest BCUT2D eigenvalue weighted by molar-refractivity contribution is 1.01. The smallest absolute Gasteiger partial charge is 0.140 e. The quantitative estimate of drug-likeness (QED) is 0.184. The number of fused-ring (bicyclic) bond motifs is 9. The number of aryl methyl sites for hydroxylation is 1. The Balaban J connectivity index is 1.27. The molecule has 0 radical (unpaired) electrons. The zero-order valence-corrected chi connectivity index (χ0v) is 28.5. The highest BCUT2D eigenvalue weighted by Crippen LogP contribution is 2.40. The lowest BCUT2D eigenvalue weighted by Crippen LogP contribution is -2.05. The van der Waals surface area contributed by atoms with Crippen LogP contribution in [-0.4, -0.2) is 18.7 Å². The van der Waals surface area contributed by atoms with Crippen molar-refractivity contribution < 1.29 is 0 Å². The second kappa shape index (κ2) is 11.0. The average molecular weight is 665 g/mol. The first-order valence-electron chi connectivity index (χ1n) is 17.8. The summed E-state index contributed by atoms with van der Waals surface area (Å²) in [5.74, 6) is 1.75. The number of hydrogen-bond acceptors (Lipinski definition) is 1. The summed E-state index contributed by atoms with van der Waals surface area (Å²) in [6, 6.07) is 63.5. The molecule has 0 aliphatic carbocycles. The monoisotopic (exact) mass is 664 g/mol. The van der Waals surface area contributed by atoms with Crippen LogP contribution >= 0.6 is 0 Å². The Kier molecular flexibility index (Phi) is 6.13. The van der Waals surface area contributed by atoms with Crippen LogP contribution in [-0.2, 0) is 0 Å². The summed E-state index contributed by atoms with van der Waals surface area (Å²) < 4.78 is 7.09. The van der Waals surface area contributed by atoms with E-state index in [0.29, 0.717) is 0 Å². The van der Waals surface area contributed by atoms with E-state index < -0.39 is 0 Å². The second-order valence-electron chi connectivity index (χ2n) is 13.7. The molecule has 11 rings (SSSR count). The number of hydrogen-bond donors (Lipinski definition) is 0. The highest BCUT2D eigenvalue weighted by Gasteiger charge is 2.21. The number of benzene rings is 7. The zero-order chi connectivity index (χ0) is 34.3. The predicted octanol–water partition coefficient (Wildman–Crippen LogP) is 12.3. The first-order valence-corrected chi connectivity index (χ1v) is 17.8. The SMILES string of the molecule is Cc1ccc2c(c1)c1ccccc1n2-c1cc(-c2ccccc2-n2c3ccccc3c3ccccc32)cc(-n2c3ccccc3c3ccccc32)n1. The van der Waals surface area contributed by atoms with Crippen LogP contribution in [0.15, 0.2) is 176 Å². The highest BCUT2D eigenvalue weighted by atomic mass is 15.1. The highest BCUT2D eigenvalue weighted by molar-refractivity contribution is 6.12. The molecule has 4 heterocycles. The molecule has 244 valence electrons. The van der Waals surface area contributed by atoms with E-state index in [1.807, 2.05) is 0 Å². The van der Waals surface area contributed by atoms with Crippen molar-refractivity contribution in [3.05, 3.63) is 181 Å². The minimum atomic E-state index is 0.875. The van der Waals surface area contributed by atoms with Gasteiger partial charge in [0, 0.05) is 37.9 Å². The van der Waals surface area contributed by atoms with Gasteiger partial charge in [0.2, 0.25) is 0 Å². The Morgan fingerprint density at radius 3 is 1.23 bits per heavy atom. The lowest BCUT2D eigenvalue weighted by atomic mass is 10.0. The van der Waals surface area contributed by atoms with Gasteiger partial charge in [-0.15, -0.1) is 0 Å². The van der Waals surface area contributed by atoms with Gasteiger partial charge in [-0.1, -0.05) is 121 Å². The Hall–Kier alpha value is -6.91. The van der Waals surface area contributed by atoms with Crippen LogP contribution in [0.1, 0.15) is 5.56 Å². The van der Waals surface area contributed by atoms with Crippen molar-refractivity contribution in [3.8, 4) is 28.5 Å². The van der Waals surface area contributed by atoms with Gasteiger partial charge in [0.05, 0.1) is 38.8 Å². The minimum absolute atomic E-state index is 0.875. The standard InChI is InChI=1S/C48H32N4/c1-31-26-27-46-39(28-31)38-19-7-13-25-45(38)52(46)48-30-32(29-47(49-48)51-43-23-11-5-17-36(43)37-18-6-12-24-44(37)51)33-14-2-8-20-40(33)50-41-21-9-3-15-34(41)35-16-4-10-22-42(35)50/h2-30H,1H3. The van der Waals surface area contributed by atoms with Gasteiger partial charge in [0.15, 0.2) is 0 Å². The van der Waals surface area contributed by atoms with Crippen LogP contribution in [0.3, 0.4) is 0 Å². The molecule has 0 amide bonds. The summed E-state index contributed by atoms with van der Waals surface area (Å²) in [7, 11) is 0. The fourth-order valence-corrected chi connectivity index (χ4v) is 8.48. The molecule has 0 N–H and O–H groups in total. The molecule has 0 saturated heterocycles. The van der Waals surface area contributed by atoms with Gasteiger partial charge < -0.3 is 4.57 Å².